The van der Waals surface area contributed by atoms with Crippen LogP contribution in [0.1, 0.15) is 28.4 Å². The fraction of sp³-hybridized carbons (Fsp3) is 0.381. The van der Waals surface area contributed by atoms with Crippen molar-refractivity contribution in [2.24, 2.45) is 0 Å². The van der Waals surface area contributed by atoms with E-state index in [1.807, 2.05) is 41.3 Å². The van der Waals surface area contributed by atoms with Crippen LogP contribution in [0.25, 0.3) is 0 Å². The molecule has 132 valence electrons. The average molecular weight is 338 g/mol. The Bertz CT molecular complexity index is 704. The van der Waals surface area contributed by atoms with E-state index >= 15 is 0 Å². The molecule has 1 fully saturated rings. The number of carbonyl (C=O) groups excluding carboxylic acids is 1. The number of hydrogen-bond donors (Lipinski definition) is 0. The van der Waals surface area contributed by atoms with Gasteiger partial charge in [-0.1, -0.05) is 31.2 Å². The highest BCUT2D eigenvalue weighted by Gasteiger charge is 2.22. The Morgan fingerprint density at radius 3 is 2.36 bits per heavy atom. The van der Waals surface area contributed by atoms with Gasteiger partial charge >= 0.3 is 0 Å². The zero-order valence-electron chi connectivity index (χ0n) is 15.1. The molecule has 0 bridgehead atoms. The van der Waals surface area contributed by atoms with Crippen molar-refractivity contribution >= 4 is 5.91 Å². The molecule has 2 aromatic rings. The predicted molar refractivity (Wildman–Crippen MR) is 100.0 cm³/mol. The molecule has 25 heavy (non-hydrogen) atoms. The Morgan fingerprint density at radius 1 is 1.00 bits per heavy atom. The second-order valence-corrected chi connectivity index (χ2v) is 6.47. The molecule has 0 unspecified atom stereocenters. The van der Waals surface area contributed by atoms with E-state index < -0.39 is 0 Å². The second kappa shape index (κ2) is 8.17. The summed E-state index contributed by atoms with van der Waals surface area (Å²) in [6.07, 6.45) is 0.997. The number of hydrogen-bond acceptors (Lipinski definition) is 3. The molecule has 0 atom stereocenters. The number of aryl methyl sites for hydroxylation is 1. The minimum atomic E-state index is 0.142. The van der Waals surface area contributed by atoms with Crippen molar-refractivity contribution in [3.63, 3.8) is 0 Å². The van der Waals surface area contributed by atoms with Crippen molar-refractivity contribution < 1.29 is 9.53 Å². The second-order valence-electron chi connectivity index (χ2n) is 6.47. The molecule has 2 aromatic carbocycles. The van der Waals surface area contributed by atoms with Gasteiger partial charge in [0.15, 0.2) is 0 Å². The lowest BCUT2D eigenvalue weighted by Gasteiger charge is -2.34. The quantitative estimate of drug-likeness (QED) is 0.839. The van der Waals surface area contributed by atoms with Crippen LogP contribution in [0, 0.1) is 0 Å². The van der Waals surface area contributed by atoms with Gasteiger partial charge in [0.1, 0.15) is 5.75 Å². The van der Waals surface area contributed by atoms with Crippen LogP contribution < -0.4 is 4.74 Å². The Morgan fingerprint density at radius 2 is 1.72 bits per heavy atom. The summed E-state index contributed by atoms with van der Waals surface area (Å²) >= 11 is 0. The van der Waals surface area contributed by atoms with Crippen LogP contribution in [-0.2, 0) is 13.0 Å². The molecular formula is C21H26N2O2. The highest BCUT2D eigenvalue weighted by molar-refractivity contribution is 5.94. The molecular weight excluding hydrogens is 312 g/mol. The standard InChI is InChI=1S/C21H26N2O2/c1-3-17-7-9-19(10-8-17)21(24)23-13-11-22(12-14-23)16-18-5-4-6-20(15-18)25-2/h4-10,15H,3,11-14,16H2,1-2H3. The monoisotopic (exact) mass is 338 g/mol. The number of piperazine rings is 1. The van der Waals surface area contributed by atoms with E-state index in [1.165, 1.54) is 11.1 Å². The average Bonchev–Trinajstić information content (AvgIpc) is 2.68. The Hall–Kier alpha value is -2.33. The molecule has 4 heteroatoms. The fourth-order valence-electron chi connectivity index (χ4n) is 3.20. The topological polar surface area (TPSA) is 32.8 Å². The van der Waals surface area contributed by atoms with Crippen molar-refractivity contribution in [1.29, 1.82) is 0 Å². The molecule has 4 nitrogen and oxygen atoms in total. The molecule has 0 spiro atoms. The Labute approximate surface area is 150 Å². The summed E-state index contributed by atoms with van der Waals surface area (Å²) < 4.78 is 5.29. The summed E-state index contributed by atoms with van der Waals surface area (Å²) in [7, 11) is 1.69. The molecule has 1 saturated heterocycles. The number of methoxy groups -OCH3 is 1. The summed E-state index contributed by atoms with van der Waals surface area (Å²) in [5.74, 6) is 1.03. The van der Waals surface area contributed by atoms with Gasteiger partial charge in [0.05, 0.1) is 7.11 Å². The number of nitrogens with zero attached hydrogens (tertiary/aromatic N) is 2. The first kappa shape index (κ1) is 17.5. The third kappa shape index (κ3) is 4.40. The van der Waals surface area contributed by atoms with Crippen LogP contribution in [0.3, 0.4) is 0 Å². The molecule has 0 saturated carbocycles. The van der Waals surface area contributed by atoms with Gasteiger partial charge in [-0.15, -0.1) is 0 Å². The van der Waals surface area contributed by atoms with Crippen molar-refractivity contribution in [3.8, 4) is 5.75 Å². The Kier molecular flexibility index (Phi) is 5.71. The molecule has 0 aromatic heterocycles. The molecule has 1 aliphatic rings. The molecule has 3 rings (SSSR count). The predicted octanol–water partition coefficient (Wildman–Crippen LogP) is 3.22. The van der Waals surface area contributed by atoms with Crippen LogP contribution in [0.4, 0.5) is 0 Å². The summed E-state index contributed by atoms with van der Waals surface area (Å²) in [6.45, 7) is 6.37. The lowest BCUT2D eigenvalue weighted by atomic mass is 10.1. The number of ether oxygens (including phenoxy) is 1. The fourth-order valence-corrected chi connectivity index (χ4v) is 3.20. The van der Waals surface area contributed by atoms with Gasteiger partial charge in [-0.3, -0.25) is 9.69 Å². The largest absolute Gasteiger partial charge is 0.497 e. The van der Waals surface area contributed by atoms with E-state index in [2.05, 4.69) is 24.0 Å². The SMILES string of the molecule is CCc1ccc(C(=O)N2CCN(Cc3cccc(OC)c3)CC2)cc1. The minimum Gasteiger partial charge on any atom is -0.497 e. The van der Waals surface area contributed by atoms with Gasteiger partial charge in [0.25, 0.3) is 5.91 Å². The summed E-state index contributed by atoms with van der Waals surface area (Å²) in [4.78, 5) is 17.0. The maximum atomic E-state index is 12.6. The zero-order valence-corrected chi connectivity index (χ0v) is 15.1. The van der Waals surface area contributed by atoms with E-state index in [4.69, 9.17) is 4.74 Å². The number of amides is 1. The maximum Gasteiger partial charge on any atom is 0.253 e. The summed E-state index contributed by atoms with van der Waals surface area (Å²) in [5, 5.41) is 0. The van der Waals surface area contributed by atoms with Crippen LogP contribution in [0.15, 0.2) is 48.5 Å². The molecule has 0 aliphatic carbocycles. The number of carbonyl (C=O) groups is 1. The van der Waals surface area contributed by atoms with E-state index in [0.29, 0.717) is 0 Å². The summed E-state index contributed by atoms with van der Waals surface area (Å²) in [5.41, 5.74) is 3.30. The van der Waals surface area contributed by atoms with Gasteiger partial charge < -0.3 is 9.64 Å². The van der Waals surface area contributed by atoms with Crippen LogP contribution in [0.5, 0.6) is 5.75 Å². The van der Waals surface area contributed by atoms with E-state index in [0.717, 1.165) is 50.5 Å². The Balaban J connectivity index is 1.54. The minimum absolute atomic E-state index is 0.142. The highest BCUT2D eigenvalue weighted by Crippen LogP contribution is 2.16. The van der Waals surface area contributed by atoms with Crippen LogP contribution in [-0.4, -0.2) is 49.0 Å². The van der Waals surface area contributed by atoms with E-state index in [1.54, 1.807) is 7.11 Å². The van der Waals surface area contributed by atoms with Crippen LogP contribution in [0.2, 0.25) is 0 Å². The van der Waals surface area contributed by atoms with E-state index in [9.17, 15) is 4.79 Å². The molecule has 0 radical (unpaired) electrons. The molecule has 1 heterocycles. The lowest BCUT2D eigenvalue weighted by molar-refractivity contribution is 0.0628. The normalized spacial score (nSPS) is 15.2. The van der Waals surface area contributed by atoms with Crippen molar-refractivity contribution in [1.82, 2.24) is 9.80 Å². The maximum absolute atomic E-state index is 12.6. The third-order valence-electron chi connectivity index (χ3n) is 4.81. The van der Waals surface area contributed by atoms with Gasteiger partial charge in [-0.2, -0.15) is 0 Å². The van der Waals surface area contributed by atoms with E-state index in [-0.39, 0.29) is 5.91 Å². The highest BCUT2D eigenvalue weighted by atomic mass is 16.5. The van der Waals surface area contributed by atoms with Gasteiger partial charge in [-0.05, 0) is 41.8 Å². The summed E-state index contributed by atoms with van der Waals surface area (Å²) in [6, 6.07) is 16.2. The number of benzene rings is 2. The van der Waals surface area contributed by atoms with Gasteiger partial charge in [0.2, 0.25) is 0 Å². The third-order valence-corrected chi connectivity index (χ3v) is 4.81. The van der Waals surface area contributed by atoms with Crippen LogP contribution >= 0.6 is 0 Å². The molecule has 1 aliphatic heterocycles. The van der Waals surface area contributed by atoms with Crippen molar-refractivity contribution in [2.45, 2.75) is 19.9 Å². The number of rotatable bonds is 5. The first-order valence-electron chi connectivity index (χ1n) is 8.93. The van der Waals surface area contributed by atoms with Gasteiger partial charge in [-0.25, -0.2) is 0 Å². The first-order chi connectivity index (χ1) is 12.2. The van der Waals surface area contributed by atoms with Gasteiger partial charge in [0, 0.05) is 38.3 Å². The molecule has 1 amide bonds. The zero-order chi connectivity index (χ0) is 17.6. The first-order valence-corrected chi connectivity index (χ1v) is 8.93. The van der Waals surface area contributed by atoms with Crippen molar-refractivity contribution in [2.75, 3.05) is 33.3 Å². The molecule has 0 N–H and O–H groups in total. The lowest BCUT2D eigenvalue weighted by Crippen LogP contribution is -2.48. The van der Waals surface area contributed by atoms with Crippen molar-refractivity contribution in [3.05, 3.63) is 65.2 Å². The smallest absolute Gasteiger partial charge is 0.253 e.